The number of benzene rings is 1. The van der Waals surface area contributed by atoms with Gasteiger partial charge in [0.2, 0.25) is 0 Å². The number of aryl methyl sites for hydroxylation is 1. The molecule has 1 aromatic carbocycles. The highest BCUT2D eigenvalue weighted by Gasteiger charge is 2.10. The number of halogens is 1. The van der Waals surface area contributed by atoms with Gasteiger partial charge in [-0.3, -0.25) is 0 Å². The lowest BCUT2D eigenvalue weighted by molar-refractivity contribution is 0.581. The number of rotatable bonds is 6. The summed E-state index contributed by atoms with van der Waals surface area (Å²) in [6, 6.07) is 8.59. The summed E-state index contributed by atoms with van der Waals surface area (Å²) in [6.07, 6.45) is 2.38. The number of fused-ring (bicyclic) bond motifs is 1. The summed E-state index contributed by atoms with van der Waals surface area (Å²) in [5, 5.41) is 4.77. The average molecular weight is 309 g/mol. The first-order valence-corrected chi connectivity index (χ1v) is 7.49. The normalized spacial score (nSPS) is 11.3. The van der Waals surface area contributed by atoms with Gasteiger partial charge in [-0.25, -0.2) is 0 Å². The van der Waals surface area contributed by atoms with E-state index < -0.39 is 0 Å². The van der Waals surface area contributed by atoms with E-state index in [1.165, 1.54) is 33.9 Å². The fraction of sp³-hybridized carbons (Fsp3) is 0.467. The zero-order valence-electron chi connectivity index (χ0n) is 11.2. The number of nitrogens with one attached hydrogen (secondary N) is 1. The van der Waals surface area contributed by atoms with Gasteiger partial charge in [0.15, 0.2) is 0 Å². The molecule has 18 heavy (non-hydrogen) atoms. The van der Waals surface area contributed by atoms with Crippen LogP contribution in [0.1, 0.15) is 25.5 Å². The van der Waals surface area contributed by atoms with Gasteiger partial charge >= 0.3 is 0 Å². The predicted molar refractivity (Wildman–Crippen MR) is 82.2 cm³/mol. The summed E-state index contributed by atoms with van der Waals surface area (Å²) in [5.41, 5.74) is 2.66. The van der Waals surface area contributed by atoms with Gasteiger partial charge in [-0.15, -0.1) is 0 Å². The standard InChI is InChI=1S/C15H21BrN2/c1-3-9-17-10-6-11-18-12(2)15(16)13-7-4-5-8-14(13)18/h4-5,7-8,17H,3,6,9-11H2,1-2H3. The second-order valence-electron chi connectivity index (χ2n) is 4.67. The van der Waals surface area contributed by atoms with Crippen molar-refractivity contribution in [3.8, 4) is 0 Å². The quantitative estimate of drug-likeness (QED) is 0.795. The average Bonchev–Trinajstić information content (AvgIpc) is 2.64. The summed E-state index contributed by atoms with van der Waals surface area (Å²) in [6.45, 7) is 7.68. The maximum atomic E-state index is 3.70. The number of hydrogen-bond acceptors (Lipinski definition) is 1. The van der Waals surface area contributed by atoms with Crippen LogP contribution >= 0.6 is 15.9 Å². The van der Waals surface area contributed by atoms with E-state index in [9.17, 15) is 0 Å². The molecule has 0 amide bonds. The first kappa shape index (κ1) is 13.6. The SMILES string of the molecule is CCCNCCCn1c(C)c(Br)c2ccccc21. The number of hydrogen-bond donors (Lipinski definition) is 1. The molecule has 2 nitrogen and oxygen atoms in total. The molecule has 0 saturated carbocycles. The first-order valence-electron chi connectivity index (χ1n) is 6.69. The second kappa shape index (κ2) is 6.39. The topological polar surface area (TPSA) is 17.0 Å². The van der Waals surface area contributed by atoms with Crippen molar-refractivity contribution in [2.75, 3.05) is 13.1 Å². The van der Waals surface area contributed by atoms with Crippen molar-refractivity contribution < 1.29 is 0 Å². The zero-order valence-corrected chi connectivity index (χ0v) is 12.8. The van der Waals surface area contributed by atoms with Crippen LogP contribution in [0.3, 0.4) is 0 Å². The minimum atomic E-state index is 1.08. The minimum absolute atomic E-state index is 1.08. The number of nitrogens with zero attached hydrogens (tertiary/aromatic N) is 1. The molecule has 0 aliphatic carbocycles. The Bertz CT molecular complexity index is 516. The summed E-state index contributed by atoms with van der Waals surface area (Å²) < 4.78 is 3.65. The molecule has 0 radical (unpaired) electrons. The van der Waals surface area contributed by atoms with E-state index in [0.717, 1.165) is 19.6 Å². The van der Waals surface area contributed by atoms with Crippen LogP contribution in [-0.2, 0) is 6.54 Å². The Morgan fingerprint density at radius 3 is 2.78 bits per heavy atom. The highest BCUT2D eigenvalue weighted by molar-refractivity contribution is 9.10. The van der Waals surface area contributed by atoms with Crippen LogP contribution in [0, 0.1) is 6.92 Å². The van der Waals surface area contributed by atoms with Crippen molar-refractivity contribution >= 4 is 26.8 Å². The van der Waals surface area contributed by atoms with Crippen LogP contribution in [0.2, 0.25) is 0 Å². The lowest BCUT2D eigenvalue weighted by Crippen LogP contribution is -2.17. The van der Waals surface area contributed by atoms with Crippen molar-refractivity contribution in [2.24, 2.45) is 0 Å². The molecule has 2 aromatic rings. The van der Waals surface area contributed by atoms with E-state index in [4.69, 9.17) is 0 Å². The molecule has 0 aliphatic heterocycles. The van der Waals surface area contributed by atoms with Crippen molar-refractivity contribution in [3.63, 3.8) is 0 Å². The van der Waals surface area contributed by atoms with Crippen LogP contribution in [0.15, 0.2) is 28.7 Å². The Kier molecular flexibility index (Phi) is 4.84. The highest BCUT2D eigenvalue weighted by Crippen LogP contribution is 2.30. The Hall–Kier alpha value is -0.800. The Morgan fingerprint density at radius 1 is 1.22 bits per heavy atom. The molecule has 2 rings (SSSR count). The molecule has 0 fully saturated rings. The molecule has 0 aliphatic rings. The molecule has 1 heterocycles. The van der Waals surface area contributed by atoms with Gasteiger partial charge in [-0.1, -0.05) is 25.1 Å². The molecule has 98 valence electrons. The monoisotopic (exact) mass is 308 g/mol. The van der Waals surface area contributed by atoms with Gasteiger partial charge in [-0.2, -0.15) is 0 Å². The van der Waals surface area contributed by atoms with E-state index in [0.29, 0.717) is 0 Å². The molecule has 0 bridgehead atoms. The minimum Gasteiger partial charge on any atom is -0.344 e. The van der Waals surface area contributed by atoms with Crippen LogP contribution in [0.25, 0.3) is 10.9 Å². The van der Waals surface area contributed by atoms with Crippen molar-refractivity contribution in [2.45, 2.75) is 33.2 Å². The van der Waals surface area contributed by atoms with Gasteiger partial charge < -0.3 is 9.88 Å². The third kappa shape index (κ3) is 2.78. The van der Waals surface area contributed by atoms with Crippen LogP contribution in [0.4, 0.5) is 0 Å². The number of aromatic nitrogens is 1. The summed E-state index contributed by atoms with van der Waals surface area (Å²) in [5.74, 6) is 0. The molecular weight excluding hydrogens is 288 g/mol. The fourth-order valence-corrected chi connectivity index (χ4v) is 2.89. The van der Waals surface area contributed by atoms with Crippen LogP contribution in [-0.4, -0.2) is 17.7 Å². The van der Waals surface area contributed by atoms with Gasteiger partial charge in [0, 0.05) is 27.6 Å². The maximum Gasteiger partial charge on any atom is 0.0494 e. The van der Waals surface area contributed by atoms with Crippen LogP contribution in [0.5, 0.6) is 0 Å². The van der Waals surface area contributed by atoms with Gasteiger partial charge in [0.05, 0.1) is 0 Å². The lowest BCUT2D eigenvalue weighted by atomic mass is 10.2. The molecule has 0 unspecified atom stereocenters. The molecular formula is C15H21BrN2. The Balaban J connectivity index is 2.10. The van der Waals surface area contributed by atoms with E-state index in [2.05, 4.69) is 63.9 Å². The zero-order chi connectivity index (χ0) is 13.0. The molecule has 3 heteroatoms. The Morgan fingerprint density at radius 2 is 2.00 bits per heavy atom. The third-order valence-corrected chi connectivity index (χ3v) is 4.32. The summed E-state index contributed by atoms with van der Waals surface area (Å²) in [4.78, 5) is 0. The van der Waals surface area contributed by atoms with E-state index in [1.807, 2.05) is 0 Å². The summed E-state index contributed by atoms with van der Waals surface area (Å²) >= 11 is 3.70. The predicted octanol–water partition coefficient (Wildman–Crippen LogP) is 4.10. The maximum absolute atomic E-state index is 3.70. The highest BCUT2D eigenvalue weighted by atomic mass is 79.9. The summed E-state index contributed by atoms with van der Waals surface area (Å²) in [7, 11) is 0. The molecule has 1 aromatic heterocycles. The van der Waals surface area contributed by atoms with Gasteiger partial charge in [0.1, 0.15) is 0 Å². The van der Waals surface area contributed by atoms with E-state index in [-0.39, 0.29) is 0 Å². The van der Waals surface area contributed by atoms with Crippen molar-refractivity contribution in [1.82, 2.24) is 9.88 Å². The van der Waals surface area contributed by atoms with Crippen LogP contribution < -0.4 is 5.32 Å². The van der Waals surface area contributed by atoms with Crippen molar-refractivity contribution in [1.29, 1.82) is 0 Å². The molecule has 0 spiro atoms. The third-order valence-electron chi connectivity index (χ3n) is 3.32. The molecule has 1 N–H and O–H groups in total. The second-order valence-corrected chi connectivity index (χ2v) is 5.46. The lowest BCUT2D eigenvalue weighted by Gasteiger charge is -2.08. The van der Waals surface area contributed by atoms with E-state index >= 15 is 0 Å². The number of para-hydroxylation sites is 1. The van der Waals surface area contributed by atoms with Gasteiger partial charge in [-0.05, 0) is 54.9 Å². The fourth-order valence-electron chi connectivity index (χ4n) is 2.34. The van der Waals surface area contributed by atoms with Gasteiger partial charge in [0.25, 0.3) is 0 Å². The van der Waals surface area contributed by atoms with Crippen molar-refractivity contribution in [3.05, 3.63) is 34.4 Å². The first-order chi connectivity index (χ1) is 8.75. The van der Waals surface area contributed by atoms with E-state index in [1.54, 1.807) is 0 Å². The largest absolute Gasteiger partial charge is 0.344 e. The smallest absolute Gasteiger partial charge is 0.0494 e. The Labute approximate surface area is 118 Å². The molecule has 0 atom stereocenters. The molecule has 0 saturated heterocycles.